The number of hydrogen-bond donors (Lipinski definition) is 1. The maximum atomic E-state index is 12.8. The van der Waals surface area contributed by atoms with Gasteiger partial charge in [0, 0.05) is 24.9 Å². The summed E-state index contributed by atoms with van der Waals surface area (Å²) in [5.41, 5.74) is 1.29. The van der Waals surface area contributed by atoms with E-state index >= 15 is 0 Å². The first kappa shape index (κ1) is 15.6. The second-order valence-corrected chi connectivity index (χ2v) is 7.48. The predicted octanol–water partition coefficient (Wildman–Crippen LogP) is 3.56. The van der Waals surface area contributed by atoms with Gasteiger partial charge in [-0.1, -0.05) is 42.5 Å². The van der Waals surface area contributed by atoms with Crippen molar-refractivity contribution in [2.24, 2.45) is 11.8 Å². The van der Waals surface area contributed by atoms with Crippen molar-refractivity contribution in [2.75, 3.05) is 13.1 Å². The van der Waals surface area contributed by atoms with E-state index in [2.05, 4.69) is 42.5 Å². The number of amides is 1. The lowest BCUT2D eigenvalue weighted by Gasteiger charge is -2.34. The Balaban J connectivity index is 1.45. The van der Waals surface area contributed by atoms with Crippen LogP contribution in [0, 0.1) is 11.8 Å². The third kappa shape index (κ3) is 2.93. The van der Waals surface area contributed by atoms with Crippen molar-refractivity contribution >= 4 is 16.7 Å². The molecule has 1 saturated heterocycles. The van der Waals surface area contributed by atoms with Gasteiger partial charge in [-0.15, -0.1) is 0 Å². The van der Waals surface area contributed by atoms with Crippen LogP contribution in [0.25, 0.3) is 10.8 Å². The molecule has 1 amide bonds. The van der Waals surface area contributed by atoms with Crippen LogP contribution in [0.5, 0.6) is 0 Å². The zero-order chi connectivity index (χ0) is 16.7. The maximum absolute atomic E-state index is 12.8. The van der Waals surface area contributed by atoms with Gasteiger partial charge in [0.05, 0.1) is 6.10 Å². The number of carbonyl (C=O) groups is 1. The highest BCUT2D eigenvalue weighted by Gasteiger charge is 2.46. The molecule has 0 radical (unpaired) electrons. The molecule has 2 fully saturated rings. The van der Waals surface area contributed by atoms with Crippen molar-refractivity contribution in [1.82, 2.24) is 4.90 Å². The molecule has 2 aromatic carbocycles. The minimum atomic E-state index is -0.323. The van der Waals surface area contributed by atoms with Gasteiger partial charge in [0.2, 0.25) is 5.91 Å². The maximum Gasteiger partial charge on any atom is 0.226 e. The zero-order valence-corrected chi connectivity index (χ0v) is 14.2. The van der Waals surface area contributed by atoms with E-state index < -0.39 is 0 Å². The molecule has 1 aliphatic carbocycles. The smallest absolute Gasteiger partial charge is 0.226 e. The summed E-state index contributed by atoms with van der Waals surface area (Å²) >= 11 is 0. The van der Waals surface area contributed by atoms with Crippen molar-refractivity contribution in [3.8, 4) is 0 Å². The summed E-state index contributed by atoms with van der Waals surface area (Å²) < 4.78 is 0. The molecule has 2 aliphatic rings. The average molecular weight is 323 g/mol. The minimum Gasteiger partial charge on any atom is -0.393 e. The SMILES string of the molecule is CC(O)C1CCCN(C(=O)C2CC2c2ccc3ccccc3c2)C1. The molecule has 24 heavy (non-hydrogen) atoms. The average Bonchev–Trinajstić information content (AvgIpc) is 3.41. The van der Waals surface area contributed by atoms with Crippen molar-refractivity contribution < 1.29 is 9.90 Å². The van der Waals surface area contributed by atoms with E-state index in [-0.39, 0.29) is 17.9 Å². The lowest BCUT2D eigenvalue weighted by atomic mass is 9.93. The first-order valence-electron chi connectivity index (χ1n) is 9.09. The van der Waals surface area contributed by atoms with E-state index in [1.807, 2.05) is 11.8 Å². The summed E-state index contributed by atoms with van der Waals surface area (Å²) in [5, 5.41) is 12.3. The van der Waals surface area contributed by atoms with Crippen LogP contribution in [0.4, 0.5) is 0 Å². The fraction of sp³-hybridized carbons (Fsp3) is 0.476. The standard InChI is InChI=1S/C21H25NO2/c1-14(23)18-7-4-10-22(13-18)21(24)20-12-19(20)17-9-8-15-5-2-3-6-16(15)11-17/h2-3,5-6,8-9,11,14,18-20,23H,4,7,10,12-13H2,1H3. The van der Waals surface area contributed by atoms with Gasteiger partial charge in [0.25, 0.3) is 0 Å². The predicted molar refractivity (Wildman–Crippen MR) is 95.8 cm³/mol. The molecule has 3 nitrogen and oxygen atoms in total. The number of fused-ring (bicyclic) bond motifs is 1. The van der Waals surface area contributed by atoms with E-state index in [4.69, 9.17) is 0 Å². The molecular weight excluding hydrogens is 298 g/mol. The molecule has 4 rings (SSSR count). The number of carbonyl (C=O) groups excluding carboxylic acids is 1. The van der Waals surface area contributed by atoms with Gasteiger partial charge in [-0.3, -0.25) is 4.79 Å². The second-order valence-electron chi connectivity index (χ2n) is 7.48. The van der Waals surface area contributed by atoms with Crippen molar-refractivity contribution in [3.63, 3.8) is 0 Å². The van der Waals surface area contributed by atoms with Crippen LogP contribution < -0.4 is 0 Å². The van der Waals surface area contributed by atoms with Crippen LogP contribution in [0.2, 0.25) is 0 Å². The Kier molecular flexibility index (Phi) is 4.05. The number of rotatable bonds is 3. The van der Waals surface area contributed by atoms with Crippen LogP contribution in [0.15, 0.2) is 42.5 Å². The molecule has 2 aromatic rings. The van der Waals surface area contributed by atoms with Gasteiger partial charge >= 0.3 is 0 Å². The Labute approximate surface area is 143 Å². The Bertz CT molecular complexity index is 754. The number of nitrogens with zero attached hydrogens (tertiary/aromatic N) is 1. The number of piperidine rings is 1. The van der Waals surface area contributed by atoms with Crippen molar-refractivity contribution in [2.45, 2.75) is 38.2 Å². The highest BCUT2D eigenvalue weighted by molar-refractivity contribution is 5.86. The van der Waals surface area contributed by atoms with E-state index in [9.17, 15) is 9.90 Å². The molecule has 126 valence electrons. The lowest BCUT2D eigenvalue weighted by molar-refractivity contribution is -0.135. The summed E-state index contributed by atoms with van der Waals surface area (Å²) in [6.07, 6.45) is 2.68. The highest BCUT2D eigenvalue weighted by Crippen LogP contribution is 2.49. The molecule has 0 aromatic heterocycles. The van der Waals surface area contributed by atoms with E-state index in [1.165, 1.54) is 16.3 Å². The number of aliphatic hydroxyl groups is 1. The zero-order valence-electron chi connectivity index (χ0n) is 14.2. The molecule has 3 heteroatoms. The van der Waals surface area contributed by atoms with Crippen LogP contribution in [-0.4, -0.2) is 35.1 Å². The Morgan fingerprint density at radius 3 is 2.79 bits per heavy atom. The summed E-state index contributed by atoms with van der Waals surface area (Å²) in [7, 11) is 0. The van der Waals surface area contributed by atoms with Crippen LogP contribution in [0.1, 0.15) is 37.7 Å². The van der Waals surface area contributed by atoms with Crippen molar-refractivity contribution in [3.05, 3.63) is 48.0 Å². The molecule has 1 aliphatic heterocycles. The first-order chi connectivity index (χ1) is 11.6. The summed E-state index contributed by atoms with van der Waals surface area (Å²) in [5.74, 6) is 1.03. The molecule has 0 bridgehead atoms. The quantitative estimate of drug-likeness (QED) is 0.938. The molecular formula is C21H25NO2. The Morgan fingerprint density at radius 1 is 1.21 bits per heavy atom. The molecule has 1 N–H and O–H groups in total. The number of hydrogen-bond acceptors (Lipinski definition) is 2. The number of likely N-dealkylation sites (tertiary alicyclic amines) is 1. The monoisotopic (exact) mass is 323 g/mol. The van der Waals surface area contributed by atoms with Crippen molar-refractivity contribution in [1.29, 1.82) is 0 Å². The lowest BCUT2D eigenvalue weighted by Crippen LogP contribution is -2.43. The Morgan fingerprint density at radius 2 is 2.00 bits per heavy atom. The number of benzene rings is 2. The van der Waals surface area contributed by atoms with E-state index in [0.717, 1.165) is 32.4 Å². The third-order valence-electron chi connectivity index (χ3n) is 5.76. The summed E-state index contributed by atoms with van der Waals surface area (Å²) in [6, 6.07) is 15.0. The largest absolute Gasteiger partial charge is 0.393 e. The van der Waals surface area contributed by atoms with Crippen LogP contribution >= 0.6 is 0 Å². The molecule has 1 saturated carbocycles. The topological polar surface area (TPSA) is 40.5 Å². The minimum absolute atomic E-state index is 0.138. The van der Waals surface area contributed by atoms with Crippen LogP contribution in [0.3, 0.4) is 0 Å². The van der Waals surface area contributed by atoms with Gasteiger partial charge in [-0.25, -0.2) is 0 Å². The van der Waals surface area contributed by atoms with Gasteiger partial charge < -0.3 is 10.0 Å². The summed E-state index contributed by atoms with van der Waals surface area (Å²) in [4.78, 5) is 14.8. The van der Waals surface area contributed by atoms with Gasteiger partial charge in [0.15, 0.2) is 0 Å². The van der Waals surface area contributed by atoms with Gasteiger partial charge in [-0.05, 0) is 48.4 Å². The summed E-state index contributed by atoms with van der Waals surface area (Å²) in [6.45, 7) is 3.41. The molecule has 4 atom stereocenters. The fourth-order valence-electron chi connectivity index (χ4n) is 4.11. The molecule has 0 spiro atoms. The highest BCUT2D eigenvalue weighted by atomic mass is 16.3. The number of aliphatic hydroxyl groups excluding tert-OH is 1. The molecule has 4 unspecified atom stereocenters. The Hall–Kier alpha value is -1.87. The van der Waals surface area contributed by atoms with Gasteiger partial charge in [-0.2, -0.15) is 0 Å². The fourth-order valence-corrected chi connectivity index (χ4v) is 4.11. The van der Waals surface area contributed by atoms with Gasteiger partial charge in [0.1, 0.15) is 0 Å². The van der Waals surface area contributed by atoms with E-state index in [1.54, 1.807) is 0 Å². The normalized spacial score (nSPS) is 27.9. The molecule has 1 heterocycles. The van der Waals surface area contributed by atoms with Crippen LogP contribution in [-0.2, 0) is 4.79 Å². The van der Waals surface area contributed by atoms with E-state index in [0.29, 0.717) is 11.8 Å². The first-order valence-corrected chi connectivity index (χ1v) is 9.09. The second kappa shape index (κ2) is 6.21. The third-order valence-corrected chi connectivity index (χ3v) is 5.76.